The van der Waals surface area contributed by atoms with Crippen molar-refractivity contribution in [1.82, 2.24) is 0 Å². The Bertz CT molecular complexity index is 732. The largest absolute Gasteiger partial charge is 0.507 e. The first kappa shape index (κ1) is 22.4. The molecule has 0 saturated heterocycles. The number of rotatable bonds is 6. The predicted molar refractivity (Wildman–Crippen MR) is 116 cm³/mol. The number of phenols is 1. The van der Waals surface area contributed by atoms with Crippen molar-refractivity contribution >= 4 is 0 Å². The zero-order valence-electron chi connectivity index (χ0n) is 18.7. The number of phenolic OH excluding ortho intramolecular Hbond substituents is 1. The highest BCUT2D eigenvalue weighted by Gasteiger charge is 2.31. The summed E-state index contributed by atoms with van der Waals surface area (Å²) >= 11 is 0. The SMILES string of the molecule is COCC(OC)C(c1ccccc1)c1cc(C(C)(C)C)c(O)c(C(C)(C)C)c1. The van der Waals surface area contributed by atoms with E-state index < -0.39 is 0 Å². The Morgan fingerprint density at radius 3 is 1.71 bits per heavy atom. The minimum atomic E-state index is -0.175. The lowest BCUT2D eigenvalue weighted by atomic mass is 9.75. The van der Waals surface area contributed by atoms with Gasteiger partial charge in [0.25, 0.3) is 0 Å². The van der Waals surface area contributed by atoms with Gasteiger partial charge in [0.1, 0.15) is 5.75 Å². The van der Waals surface area contributed by atoms with Gasteiger partial charge in [0, 0.05) is 20.1 Å². The van der Waals surface area contributed by atoms with Gasteiger partial charge in [0.05, 0.1) is 12.7 Å². The molecule has 0 aliphatic carbocycles. The number of hydrogen-bond acceptors (Lipinski definition) is 3. The third kappa shape index (κ3) is 4.95. The zero-order chi connectivity index (χ0) is 21.1. The maximum absolute atomic E-state index is 11.1. The topological polar surface area (TPSA) is 38.7 Å². The lowest BCUT2D eigenvalue weighted by Crippen LogP contribution is -2.28. The summed E-state index contributed by atoms with van der Waals surface area (Å²) in [7, 11) is 3.43. The molecule has 2 atom stereocenters. The fourth-order valence-corrected chi connectivity index (χ4v) is 3.73. The fraction of sp³-hybridized carbons (Fsp3) is 0.520. The molecule has 0 saturated carbocycles. The zero-order valence-corrected chi connectivity index (χ0v) is 18.7. The number of methoxy groups -OCH3 is 2. The molecule has 2 unspecified atom stereocenters. The Morgan fingerprint density at radius 2 is 1.32 bits per heavy atom. The van der Waals surface area contributed by atoms with Crippen molar-refractivity contribution in [2.45, 2.75) is 64.4 Å². The second kappa shape index (κ2) is 8.67. The van der Waals surface area contributed by atoms with Crippen molar-refractivity contribution < 1.29 is 14.6 Å². The fourth-order valence-electron chi connectivity index (χ4n) is 3.73. The first-order chi connectivity index (χ1) is 13.0. The number of hydrogen-bond donors (Lipinski definition) is 1. The Hall–Kier alpha value is -1.84. The lowest BCUT2D eigenvalue weighted by molar-refractivity contribution is 0.0187. The second-order valence-electron chi connectivity index (χ2n) is 9.58. The van der Waals surface area contributed by atoms with Gasteiger partial charge in [0.15, 0.2) is 0 Å². The molecule has 0 aliphatic heterocycles. The van der Waals surface area contributed by atoms with Crippen molar-refractivity contribution in [3.63, 3.8) is 0 Å². The summed E-state index contributed by atoms with van der Waals surface area (Å²) in [6, 6.07) is 14.7. The van der Waals surface area contributed by atoms with Crippen LogP contribution in [0.4, 0.5) is 0 Å². The molecule has 0 heterocycles. The van der Waals surface area contributed by atoms with E-state index in [9.17, 15) is 5.11 Å². The Morgan fingerprint density at radius 1 is 0.821 bits per heavy atom. The first-order valence-corrected chi connectivity index (χ1v) is 9.95. The molecule has 2 aromatic rings. The average Bonchev–Trinajstić information content (AvgIpc) is 2.61. The van der Waals surface area contributed by atoms with Crippen molar-refractivity contribution in [2.24, 2.45) is 0 Å². The lowest BCUT2D eigenvalue weighted by Gasteiger charge is -2.32. The molecule has 0 aliphatic rings. The van der Waals surface area contributed by atoms with Crippen LogP contribution >= 0.6 is 0 Å². The molecule has 2 rings (SSSR count). The predicted octanol–water partition coefficient (Wildman–Crippen LogP) is 5.78. The average molecular weight is 385 g/mol. The van der Waals surface area contributed by atoms with Crippen LogP contribution in [0.3, 0.4) is 0 Å². The van der Waals surface area contributed by atoms with Crippen LogP contribution in [0.1, 0.15) is 69.7 Å². The molecule has 0 radical (unpaired) electrons. The highest BCUT2D eigenvalue weighted by atomic mass is 16.5. The van der Waals surface area contributed by atoms with Gasteiger partial charge >= 0.3 is 0 Å². The van der Waals surface area contributed by atoms with Crippen LogP contribution in [0, 0.1) is 0 Å². The Balaban J connectivity index is 2.78. The van der Waals surface area contributed by atoms with Crippen LogP contribution in [0.5, 0.6) is 5.75 Å². The summed E-state index contributed by atoms with van der Waals surface area (Å²) in [4.78, 5) is 0. The normalized spacial score (nSPS) is 14.7. The summed E-state index contributed by atoms with van der Waals surface area (Å²) < 4.78 is 11.3. The van der Waals surface area contributed by atoms with Gasteiger partial charge in [-0.25, -0.2) is 0 Å². The van der Waals surface area contributed by atoms with Gasteiger partial charge in [-0.15, -0.1) is 0 Å². The molecule has 0 amide bonds. The van der Waals surface area contributed by atoms with Gasteiger partial charge < -0.3 is 14.6 Å². The number of ether oxygens (including phenoxy) is 2. The van der Waals surface area contributed by atoms with Crippen molar-refractivity contribution in [1.29, 1.82) is 0 Å². The van der Waals surface area contributed by atoms with Gasteiger partial charge in [0.2, 0.25) is 0 Å². The van der Waals surface area contributed by atoms with Crippen molar-refractivity contribution in [3.05, 3.63) is 64.7 Å². The van der Waals surface area contributed by atoms with Crippen LogP contribution in [-0.4, -0.2) is 32.0 Å². The summed E-state index contributed by atoms with van der Waals surface area (Å²) in [5.74, 6) is 0.408. The van der Waals surface area contributed by atoms with E-state index in [1.54, 1.807) is 14.2 Å². The van der Waals surface area contributed by atoms with E-state index in [0.717, 1.165) is 16.7 Å². The van der Waals surface area contributed by atoms with Crippen LogP contribution in [0.15, 0.2) is 42.5 Å². The van der Waals surface area contributed by atoms with Gasteiger partial charge in [-0.3, -0.25) is 0 Å². The van der Waals surface area contributed by atoms with E-state index >= 15 is 0 Å². The molecular weight excluding hydrogens is 348 g/mol. The molecule has 154 valence electrons. The Kier molecular flexibility index (Phi) is 6.95. The third-order valence-electron chi connectivity index (χ3n) is 5.27. The second-order valence-corrected chi connectivity index (χ2v) is 9.58. The summed E-state index contributed by atoms with van der Waals surface area (Å²) in [6.45, 7) is 13.3. The first-order valence-electron chi connectivity index (χ1n) is 9.95. The molecule has 2 aromatic carbocycles. The van der Waals surface area contributed by atoms with Crippen LogP contribution in [0.25, 0.3) is 0 Å². The molecule has 0 spiro atoms. The van der Waals surface area contributed by atoms with E-state index in [-0.39, 0.29) is 22.9 Å². The van der Waals surface area contributed by atoms with Crippen LogP contribution in [-0.2, 0) is 20.3 Å². The van der Waals surface area contributed by atoms with E-state index in [2.05, 4.69) is 77.9 Å². The number of benzene rings is 2. The Labute approximate surface area is 170 Å². The molecule has 28 heavy (non-hydrogen) atoms. The molecule has 0 fully saturated rings. The quantitative estimate of drug-likeness (QED) is 0.686. The standard InChI is InChI=1S/C25H36O3/c1-24(2,3)19-14-18(15-20(23(19)26)25(4,5)6)22(21(28-8)16-27-7)17-12-10-9-11-13-17/h9-15,21-22,26H,16H2,1-8H3. The molecule has 3 nitrogen and oxygen atoms in total. The van der Waals surface area contributed by atoms with Crippen LogP contribution in [0.2, 0.25) is 0 Å². The summed E-state index contributed by atoms with van der Waals surface area (Å²) in [5.41, 5.74) is 3.89. The third-order valence-corrected chi connectivity index (χ3v) is 5.27. The maximum atomic E-state index is 11.1. The van der Waals surface area contributed by atoms with Gasteiger partial charge in [-0.2, -0.15) is 0 Å². The molecule has 3 heteroatoms. The highest BCUT2D eigenvalue weighted by Crippen LogP contribution is 2.43. The highest BCUT2D eigenvalue weighted by molar-refractivity contribution is 5.52. The van der Waals surface area contributed by atoms with E-state index in [1.165, 1.54) is 5.56 Å². The van der Waals surface area contributed by atoms with Crippen molar-refractivity contribution in [3.8, 4) is 5.75 Å². The number of aromatic hydroxyl groups is 1. The molecule has 0 aromatic heterocycles. The monoisotopic (exact) mass is 384 g/mol. The minimum Gasteiger partial charge on any atom is -0.507 e. The van der Waals surface area contributed by atoms with E-state index in [4.69, 9.17) is 9.47 Å². The van der Waals surface area contributed by atoms with E-state index in [1.807, 2.05) is 6.07 Å². The summed E-state index contributed by atoms with van der Waals surface area (Å²) in [5, 5.41) is 11.1. The van der Waals surface area contributed by atoms with Crippen molar-refractivity contribution in [2.75, 3.05) is 20.8 Å². The van der Waals surface area contributed by atoms with Crippen LogP contribution < -0.4 is 0 Å². The maximum Gasteiger partial charge on any atom is 0.123 e. The molecule has 1 N–H and O–H groups in total. The minimum absolute atomic E-state index is 0.00829. The molecular formula is C25H36O3. The molecule has 0 bridgehead atoms. The van der Waals surface area contributed by atoms with E-state index in [0.29, 0.717) is 12.4 Å². The summed E-state index contributed by atoms with van der Waals surface area (Å²) in [6.07, 6.45) is -0.127. The van der Waals surface area contributed by atoms with Gasteiger partial charge in [-0.1, -0.05) is 84.0 Å². The van der Waals surface area contributed by atoms with Gasteiger partial charge in [-0.05, 0) is 33.1 Å². The smallest absolute Gasteiger partial charge is 0.123 e.